The number of benzene rings is 2. The van der Waals surface area contributed by atoms with Crippen molar-refractivity contribution < 1.29 is 19.5 Å². The molecule has 0 radical (unpaired) electrons. The molecule has 2 saturated heterocycles. The summed E-state index contributed by atoms with van der Waals surface area (Å²) in [6.07, 6.45) is 0.268. The number of carboxylic acids is 1. The zero-order valence-corrected chi connectivity index (χ0v) is 18.7. The molecule has 4 atom stereocenters. The fourth-order valence-electron chi connectivity index (χ4n) is 5.47. The zero-order valence-electron chi connectivity index (χ0n) is 18.7. The van der Waals surface area contributed by atoms with E-state index in [1.807, 2.05) is 77.1 Å². The van der Waals surface area contributed by atoms with Gasteiger partial charge in [-0.1, -0.05) is 50.2 Å². The van der Waals surface area contributed by atoms with E-state index in [9.17, 15) is 19.5 Å². The van der Waals surface area contributed by atoms with Crippen LogP contribution in [-0.4, -0.2) is 38.9 Å². The molecule has 0 aromatic heterocycles. The van der Waals surface area contributed by atoms with Crippen molar-refractivity contribution in [1.29, 1.82) is 0 Å². The van der Waals surface area contributed by atoms with E-state index in [4.69, 9.17) is 0 Å². The number of likely N-dealkylation sites (tertiary alicyclic amines) is 1. The van der Waals surface area contributed by atoms with Gasteiger partial charge in [0.15, 0.2) is 0 Å². The van der Waals surface area contributed by atoms with E-state index in [-0.39, 0.29) is 24.2 Å². The highest BCUT2D eigenvalue weighted by atomic mass is 16.4. The average molecular weight is 423 g/mol. The van der Waals surface area contributed by atoms with Crippen LogP contribution in [0.3, 0.4) is 0 Å². The van der Waals surface area contributed by atoms with Crippen molar-refractivity contribution >= 4 is 28.6 Å². The number of carbonyl (C=O) groups is 3. The SMILES string of the molecule is CC(C)CC1(C(=O)O)NC(c2ccc3ccccc3c2)C2C(=O)N(C(C)(C)C)C(=O)C21. The third-order valence-corrected chi connectivity index (χ3v) is 6.57. The molecule has 0 bridgehead atoms. The molecule has 2 amide bonds. The molecule has 2 aromatic carbocycles. The molecule has 31 heavy (non-hydrogen) atoms. The van der Waals surface area contributed by atoms with Crippen LogP contribution in [0.15, 0.2) is 42.5 Å². The second-order valence-electron chi connectivity index (χ2n) is 10.3. The van der Waals surface area contributed by atoms with Gasteiger partial charge in [-0.2, -0.15) is 0 Å². The van der Waals surface area contributed by atoms with Crippen molar-refractivity contribution in [3.05, 3.63) is 48.0 Å². The molecule has 0 aliphatic carbocycles. The lowest BCUT2D eigenvalue weighted by Crippen LogP contribution is -2.58. The molecule has 4 rings (SSSR count). The van der Waals surface area contributed by atoms with Gasteiger partial charge in [0.1, 0.15) is 5.54 Å². The lowest BCUT2D eigenvalue weighted by molar-refractivity contribution is -0.154. The quantitative estimate of drug-likeness (QED) is 0.733. The molecular formula is C25H30N2O4. The highest BCUT2D eigenvalue weighted by Gasteiger charge is 2.69. The first-order valence-electron chi connectivity index (χ1n) is 10.8. The largest absolute Gasteiger partial charge is 0.480 e. The van der Waals surface area contributed by atoms with Crippen LogP contribution in [0, 0.1) is 17.8 Å². The van der Waals surface area contributed by atoms with Crippen LogP contribution in [0.25, 0.3) is 10.8 Å². The molecule has 2 N–H and O–H groups in total. The molecule has 6 nitrogen and oxygen atoms in total. The fourth-order valence-corrected chi connectivity index (χ4v) is 5.47. The lowest BCUT2D eigenvalue weighted by atomic mass is 9.75. The van der Waals surface area contributed by atoms with Gasteiger partial charge in [0.25, 0.3) is 0 Å². The topological polar surface area (TPSA) is 86.7 Å². The number of carboxylic acid groups (broad SMARTS) is 1. The summed E-state index contributed by atoms with van der Waals surface area (Å²) < 4.78 is 0. The number of nitrogens with zero attached hydrogens (tertiary/aromatic N) is 1. The maximum absolute atomic E-state index is 13.6. The first-order chi connectivity index (χ1) is 14.5. The monoisotopic (exact) mass is 422 g/mol. The Morgan fingerprint density at radius 1 is 1.10 bits per heavy atom. The summed E-state index contributed by atoms with van der Waals surface area (Å²) in [5, 5.41) is 15.7. The van der Waals surface area contributed by atoms with Crippen molar-refractivity contribution in [2.24, 2.45) is 17.8 Å². The predicted octanol–water partition coefficient (Wildman–Crippen LogP) is 3.75. The maximum atomic E-state index is 13.6. The van der Waals surface area contributed by atoms with E-state index >= 15 is 0 Å². The summed E-state index contributed by atoms with van der Waals surface area (Å²) in [5.74, 6) is -3.40. The summed E-state index contributed by atoms with van der Waals surface area (Å²) in [4.78, 5) is 41.0. The van der Waals surface area contributed by atoms with Gasteiger partial charge in [0, 0.05) is 11.6 Å². The number of aliphatic carboxylic acids is 1. The van der Waals surface area contributed by atoms with Crippen molar-refractivity contribution in [1.82, 2.24) is 10.2 Å². The number of hydrogen-bond donors (Lipinski definition) is 2. The molecule has 6 heteroatoms. The van der Waals surface area contributed by atoms with E-state index in [2.05, 4.69) is 5.32 Å². The molecular weight excluding hydrogens is 392 g/mol. The fraction of sp³-hybridized carbons (Fsp3) is 0.480. The van der Waals surface area contributed by atoms with E-state index in [0.717, 1.165) is 16.3 Å². The molecule has 2 aliphatic heterocycles. The number of carbonyl (C=O) groups excluding carboxylic acids is 2. The molecule has 2 aromatic rings. The normalized spacial score (nSPS) is 28.6. The first-order valence-corrected chi connectivity index (χ1v) is 10.8. The van der Waals surface area contributed by atoms with Gasteiger partial charge in [0.05, 0.1) is 11.8 Å². The third-order valence-electron chi connectivity index (χ3n) is 6.57. The maximum Gasteiger partial charge on any atom is 0.324 e. The van der Waals surface area contributed by atoms with Gasteiger partial charge in [0.2, 0.25) is 11.8 Å². The Morgan fingerprint density at radius 2 is 1.74 bits per heavy atom. The van der Waals surface area contributed by atoms with E-state index in [1.165, 1.54) is 4.90 Å². The minimum Gasteiger partial charge on any atom is -0.480 e. The lowest BCUT2D eigenvalue weighted by Gasteiger charge is -2.36. The molecule has 2 fully saturated rings. The second kappa shape index (κ2) is 7.16. The third kappa shape index (κ3) is 3.24. The van der Waals surface area contributed by atoms with Crippen molar-refractivity contribution in [3.8, 4) is 0 Å². The Kier molecular flexibility index (Phi) is 4.97. The molecule has 2 aliphatic rings. The average Bonchev–Trinajstić information content (AvgIpc) is 3.15. The van der Waals surface area contributed by atoms with Crippen molar-refractivity contribution in [2.45, 2.75) is 58.2 Å². The van der Waals surface area contributed by atoms with E-state index < -0.39 is 34.9 Å². The Labute approximate surface area is 182 Å². The first kappa shape index (κ1) is 21.5. The summed E-state index contributed by atoms with van der Waals surface area (Å²) in [7, 11) is 0. The molecule has 0 spiro atoms. The molecule has 2 heterocycles. The van der Waals surface area contributed by atoms with Crippen LogP contribution >= 0.6 is 0 Å². The number of nitrogens with one attached hydrogen (secondary N) is 1. The highest BCUT2D eigenvalue weighted by Crippen LogP contribution is 2.52. The van der Waals surface area contributed by atoms with Gasteiger partial charge in [-0.05, 0) is 55.5 Å². The van der Waals surface area contributed by atoms with Crippen LogP contribution in [-0.2, 0) is 14.4 Å². The summed E-state index contributed by atoms with van der Waals surface area (Å²) in [6, 6.07) is 13.3. The summed E-state index contributed by atoms with van der Waals surface area (Å²) >= 11 is 0. The number of fused-ring (bicyclic) bond motifs is 2. The van der Waals surface area contributed by atoms with Gasteiger partial charge < -0.3 is 5.11 Å². The van der Waals surface area contributed by atoms with Crippen molar-refractivity contribution in [2.75, 3.05) is 0 Å². The smallest absolute Gasteiger partial charge is 0.324 e. The molecule has 4 unspecified atom stereocenters. The van der Waals surface area contributed by atoms with E-state index in [1.54, 1.807) is 0 Å². The molecule has 0 saturated carbocycles. The number of imide groups is 1. The van der Waals surface area contributed by atoms with Crippen LogP contribution in [0.1, 0.15) is 52.6 Å². The predicted molar refractivity (Wildman–Crippen MR) is 118 cm³/mol. The molecule has 164 valence electrons. The van der Waals surface area contributed by atoms with Crippen LogP contribution in [0.5, 0.6) is 0 Å². The van der Waals surface area contributed by atoms with Crippen LogP contribution in [0.2, 0.25) is 0 Å². The Bertz CT molecular complexity index is 1070. The minimum absolute atomic E-state index is 0.0335. The zero-order chi connectivity index (χ0) is 22.7. The van der Waals surface area contributed by atoms with E-state index in [0.29, 0.717) is 0 Å². The summed E-state index contributed by atoms with van der Waals surface area (Å²) in [6.45, 7) is 9.31. The van der Waals surface area contributed by atoms with Gasteiger partial charge >= 0.3 is 5.97 Å². The van der Waals surface area contributed by atoms with Gasteiger partial charge in [-0.15, -0.1) is 0 Å². The van der Waals surface area contributed by atoms with Crippen LogP contribution in [0.4, 0.5) is 0 Å². The highest BCUT2D eigenvalue weighted by molar-refractivity contribution is 6.10. The Hall–Kier alpha value is -2.73. The number of hydrogen-bond acceptors (Lipinski definition) is 4. The number of amides is 2. The van der Waals surface area contributed by atoms with Gasteiger partial charge in [-0.3, -0.25) is 24.6 Å². The Balaban J connectivity index is 1.89. The summed E-state index contributed by atoms with van der Waals surface area (Å²) in [5.41, 5.74) is -1.37. The Morgan fingerprint density at radius 3 is 2.32 bits per heavy atom. The van der Waals surface area contributed by atoms with Crippen LogP contribution < -0.4 is 5.32 Å². The van der Waals surface area contributed by atoms with Gasteiger partial charge in [-0.25, -0.2) is 0 Å². The standard InChI is InChI=1S/C25H30N2O4/c1-14(2)13-25(23(30)31)19-18(21(28)27(22(19)29)24(3,4)5)20(26-25)17-11-10-15-8-6-7-9-16(15)12-17/h6-12,14,18-20,26H,13H2,1-5H3,(H,30,31). The second-order valence-corrected chi connectivity index (χ2v) is 10.3. The number of rotatable bonds is 4. The minimum atomic E-state index is -1.48. The van der Waals surface area contributed by atoms with Crippen molar-refractivity contribution in [3.63, 3.8) is 0 Å².